The summed E-state index contributed by atoms with van der Waals surface area (Å²) < 4.78 is 27.2. The number of nitrogens with one attached hydrogen (secondary N) is 2. The third-order valence-corrected chi connectivity index (χ3v) is 4.24. The fraction of sp³-hybridized carbons (Fsp3) is 0.571. The zero-order chi connectivity index (χ0) is 14.8. The fourth-order valence-electron chi connectivity index (χ4n) is 2.48. The zero-order valence-electron chi connectivity index (χ0n) is 11.3. The van der Waals surface area contributed by atoms with Gasteiger partial charge in [0.1, 0.15) is 6.61 Å². The first-order valence-corrected chi connectivity index (χ1v) is 7.74. The van der Waals surface area contributed by atoms with Crippen molar-refractivity contribution in [2.75, 3.05) is 25.0 Å². The second kappa shape index (κ2) is 6.53. The van der Waals surface area contributed by atoms with Crippen LogP contribution >= 0.6 is 22.6 Å². The predicted molar refractivity (Wildman–Crippen MR) is 84.5 cm³/mol. The molecule has 0 fully saturated rings. The van der Waals surface area contributed by atoms with Crippen molar-refractivity contribution in [3.05, 3.63) is 27.3 Å². The van der Waals surface area contributed by atoms with Crippen molar-refractivity contribution in [2.45, 2.75) is 31.2 Å². The van der Waals surface area contributed by atoms with E-state index >= 15 is 0 Å². The summed E-state index contributed by atoms with van der Waals surface area (Å²) in [4.78, 5) is 0. The minimum Gasteiger partial charge on any atom is -0.390 e. The highest BCUT2D eigenvalue weighted by molar-refractivity contribution is 14.1. The highest BCUT2D eigenvalue weighted by Gasteiger charge is 2.29. The Kier molecular flexibility index (Phi) is 5.19. The van der Waals surface area contributed by atoms with E-state index in [1.54, 1.807) is 0 Å². The lowest BCUT2D eigenvalue weighted by Crippen LogP contribution is -2.40. The predicted octanol–water partition coefficient (Wildman–Crippen LogP) is 2.80. The molecule has 2 atom stereocenters. The molecule has 3 nitrogen and oxygen atoms in total. The molecule has 1 aromatic carbocycles. The monoisotopic (exact) mass is 396 g/mol. The van der Waals surface area contributed by atoms with E-state index in [2.05, 4.69) is 51.4 Å². The summed E-state index contributed by atoms with van der Waals surface area (Å²) in [6, 6.07) is 6.24. The molecule has 0 aliphatic carbocycles. The van der Waals surface area contributed by atoms with Crippen molar-refractivity contribution in [1.29, 1.82) is 0 Å². The van der Waals surface area contributed by atoms with E-state index in [1.807, 2.05) is 6.92 Å². The van der Waals surface area contributed by atoms with E-state index in [1.165, 1.54) is 9.13 Å². The fourth-order valence-corrected chi connectivity index (χ4v) is 2.99. The molecule has 0 aromatic heterocycles. The first-order chi connectivity index (χ1) is 9.41. The van der Waals surface area contributed by atoms with Crippen molar-refractivity contribution in [3.8, 4) is 0 Å². The maximum Gasteiger partial charge on any atom is 0.282 e. The molecule has 112 valence electrons. The van der Waals surface area contributed by atoms with Gasteiger partial charge in [0.15, 0.2) is 0 Å². The van der Waals surface area contributed by atoms with Gasteiger partial charge in [-0.2, -0.15) is 0 Å². The van der Waals surface area contributed by atoms with Crippen LogP contribution in [0.5, 0.6) is 0 Å². The number of benzene rings is 1. The Morgan fingerprint density at radius 2 is 2.30 bits per heavy atom. The van der Waals surface area contributed by atoms with Crippen molar-refractivity contribution >= 4 is 28.3 Å². The summed E-state index contributed by atoms with van der Waals surface area (Å²) in [6.45, 7) is 1.15. The summed E-state index contributed by atoms with van der Waals surface area (Å²) in [5.74, 6) is -2.71. The third-order valence-electron chi connectivity index (χ3n) is 3.57. The Labute approximate surface area is 131 Å². The molecule has 0 radical (unpaired) electrons. The Bertz CT molecular complexity index is 470. The van der Waals surface area contributed by atoms with Gasteiger partial charge in [0.25, 0.3) is 5.92 Å². The third kappa shape index (κ3) is 4.02. The van der Waals surface area contributed by atoms with Gasteiger partial charge in [-0.3, -0.25) is 0 Å². The van der Waals surface area contributed by atoms with Crippen LogP contribution in [0.15, 0.2) is 18.2 Å². The lowest BCUT2D eigenvalue weighted by atomic mass is 9.94. The lowest BCUT2D eigenvalue weighted by molar-refractivity contribution is -0.0492. The summed E-state index contributed by atoms with van der Waals surface area (Å²) in [6.07, 6.45) is 0.793. The van der Waals surface area contributed by atoms with E-state index in [4.69, 9.17) is 5.11 Å². The number of hydrogen-bond acceptors (Lipinski definition) is 3. The summed E-state index contributed by atoms with van der Waals surface area (Å²) >= 11 is 2.28. The number of rotatable bonds is 6. The largest absolute Gasteiger partial charge is 0.390 e. The number of alkyl halides is 2. The number of fused-ring (bicyclic) bond motifs is 1. The number of aliphatic hydroxyl groups excluding tert-OH is 1. The van der Waals surface area contributed by atoms with E-state index < -0.39 is 19.1 Å². The van der Waals surface area contributed by atoms with Gasteiger partial charge in [-0.1, -0.05) is 0 Å². The van der Waals surface area contributed by atoms with Crippen molar-refractivity contribution in [3.63, 3.8) is 0 Å². The highest BCUT2D eigenvalue weighted by Crippen LogP contribution is 2.35. The van der Waals surface area contributed by atoms with Gasteiger partial charge in [-0.25, -0.2) is 8.78 Å². The second-order valence-electron chi connectivity index (χ2n) is 5.34. The summed E-state index contributed by atoms with van der Waals surface area (Å²) in [7, 11) is 0. The van der Waals surface area contributed by atoms with E-state index in [0.29, 0.717) is 5.92 Å². The minimum atomic E-state index is -3.05. The van der Waals surface area contributed by atoms with Crippen LogP contribution in [0.2, 0.25) is 0 Å². The lowest BCUT2D eigenvalue weighted by Gasteiger charge is -2.21. The minimum absolute atomic E-state index is 0.0250. The molecule has 6 heteroatoms. The molecule has 0 saturated carbocycles. The topological polar surface area (TPSA) is 44.3 Å². The molecule has 1 aliphatic heterocycles. The molecule has 1 heterocycles. The Balaban J connectivity index is 1.91. The standard InChI is InChI=1S/C14H19F2IN2O/c1-9(19-7-14(15,16)8-20)4-10-6-18-13-3-2-11(17)5-12(10)13/h2-3,5,9-10,18-20H,4,6-8H2,1H3/t9-,10?/m1/s1. The molecule has 0 spiro atoms. The van der Waals surface area contributed by atoms with Gasteiger partial charge in [0.05, 0.1) is 6.54 Å². The van der Waals surface area contributed by atoms with E-state index in [-0.39, 0.29) is 6.04 Å². The Morgan fingerprint density at radius 1 is 1.55 bits per heavy atom. The van der Waals surface area contributed by atoms with Crippen LogP contribution in [0, 0.1) is 3.57 Å². The molecule has 1 unspecified atom stereocenters. The van der Waals surface area contributed by atoms with Crippen LogP contribution in [0.4, 0.5) is 14.5 Å². The molecule has 0 bridgehead atoms. The van der Waals surface area contributed by atoms with Gasteiger partial charge in [-0.05, 0) is 59.7 Å². The molecule has 20 heavy (non-hydrogen) atoms. The highest BCUT2D eigenvalue weighted by atomic mass is 127. The van der Waals surface area contributed by atoms with Crippen LogP contribution in [-0.2, 0) is 0 Å². The first kappa shape index (κ1) is 15.9. The van der Waals surface area contributed by atoms with Crippen molar-refractivity contribution in [1.82, 2.24) is 5.32 Å². The summed E-state index contributed by atoms with van der Waals surface area (Å²) in [5, 5.41) is 14.7. The molecule has 1 aromatic rings. The second-order valence-corrected chi connectivity index (χ2v) is 6.59. The number of halogens is 3. The molecule has 1 aliphatic rings. The number of anilines is 1. The molecular formula is C14H19F2IN2O. The van der Waals surface area contributed by atoms with Gasteiger partial charge in [0.2, 0.25) is 0 Å². The number of hydrogen-bond donors (Lipinski definition) is 3. The van der Waals surface area contributed by atoms with Gasteiger partial charge in [0, 0.05) is 27.8 Å². The van der Waals surface area contributed by atoms with Gasteiger partial charge >= 0.3 is 0 Å². The van der Waals surface area contributed by atoms with E-state index in [0.717, 1.165) is 18.7 Å². The molecular weight excluding hydrogens is 377 g/mol. The number of aliphatic hydroxyl groups is 1. The molecule has 0 saturated heterocycles. The molecule has 0 amide bonds. The van der Waals surface area contributed by atoms with Crippen molar-refractivity contribution in [2.24, 2.45) is 0 Å². The van der Waals surface area contributed by atoms with Gasteiger partial charge in [-0.15, -0.1) is 0 Å². The maximum absolute atomic E-state index is 13.0. The quantitative estimate of drug-likeness (QED) is 0.649. The smallest absolute Gasteiger partial charge is 0.282 e. The molecule has 3 N–H and O–H groups in total. The van der Waals surface area contributed by atoms with E-state index in [9.17, 15) is 8.78 Å². The van der Waals surface area contributed by atoms with Crippen LogP contribution in [-0.4, -0.2) is 36.8 Å². The Hall–Kier alpha value is -0.470. The normalized spacial score (nSPS) is 19.6. The zero-order valence-corrected chi connectivity index (χ0v) is 13.5. The summed E-state index contributed by atoms with van der Waals surface area (Å²) in [5.41, 5.74) is 2.41. The Morgan fingerprint density at radius 3 is 3.00 bits per heavy atom. The average molecular weight is 396 g/mol. The van der Waals surface area contributed by atoms with Crippen LogP contribution in [0.25, 0.3) is 0 Å². The van der Waals surface area contributed by atoms with Crippen LogP contribution < -0.4 is 10.6 Å². The SMILES string of the molecule is C[C@H](CC1CNc2ccc(I)cc21)NCC(F)(F)CO. The van der Waals surface area contributed by atoms with Crippen LogP contribution in [0.1, 0.15) is 24.8 Å². The molecule has 2 rings (SSSR count). The first-order valence-electron chi connectivity index (χ1n) is 6.66. The van der Waals surface area contributed by atoms with Gasteiger partial charge < -0.3 is 15.7 Å². The van der Waals surface area contributed by atoms with Crippen molar-refractivity contribution < 1.29 is 13.9 Å². The maximum atomic E-state index is 13.0. The van der Waals surface area contributed by atoms with Crippen LogP contribution in [0.3, 0.4) is 0 Å². The average Bonchev–Trinajstić information content (AvgIpc) is 2.79.